The third-order valence-electron chi connectivity index (χ3n) is 13.5. The van der Waals surface area contributed by atoms with Crippen LogP contribution in [0, 0.1) is 0 Å². The minimum Gasteiger partial charge on any atom is -0.462 e. The maximum atomic E-state index is 13.0. The van der Waals surface area contributed by atoms with Crippen molar-refractivity contribution < 1.29 is 28.6 Å². The standard InChI is InChI=1S/C75H120O6/c1-4-7-10-13-16-19-22-25-28-31-34-37-40-43-46-49-52-55-58-61-64-67-73(76)79-70-72(81-75(78)69-66-63-60-57-54-51-48-45-42-39-36-33-30-27-24-21-18-15-12-9-6-3)71-80-74(77)68-65-62-59-56-53-50-47-44-41-38-35-32-29-26-23-20-17-14-11-8-5-2/h7-12,16-21,25-30,34-39,43,46,72H,4-6,13-15,22-24,31-33,40-42,44-45,47-71H2,1-3H3/b10-7-,11-8-,12-9-,19-16-,20-17-,21-18-,28-25-,29-26-,30-27-,37-34-,38-35-,39-36-,46-43-. The first-order valence-corrected chi connectivity index (χ1v) is 33.0. The highest BCUT2D eigenvalue weighted by molar-refractivity contribution is 5.71. The molecule has 0 amide bonds. The normalized spacial score (nSPS) is 13.2. The Morgan fingerprint density at radius 2 is 0.444 bits per heavy atom. The molecule has 1 unspecified atom stereocenters. The molecule has 6 nitrogen and oxygen atoms in total. The smallest absolute Gasteiger partial charge is 0.306 e. The third-order valence-corrected chi connectivity index (χ3v) is 13.5. The fourth-order valence-electron chi connectivity index (χ4n) is 8.69. The van der Waals surface area contributed by atoms with Gasteiger partial charge in [0, 0.05) is 19.3 Å². The Hall–Kier alpha value is -4.97. The molecule has 81 heavy (non-hydrogen) atoms. The first-order chi connectivity index (χ1) is 40.0. The van der Waals surface area contributed by atoms with Gasteiger partial charge in [0.05, 0.1) is 0 Å². The highest BCUT2D eigenvalue weighted by atomic mass is 16.6. The molecule has 6 heteroatoms. The molecule has 0 bridgehead atoms. The zero-order chi connectivity index (χ0) is 58.5. The molecule has 0 saturated heterocycles. The van der Waals surface area contributed by atoms with E-state index in [1.165, 1.54) is 64.2 Å². The zero-order valence-corrected chi connectivity index (χ0v) is 52.2. The molecule has 0 saturated carbocycles. The lowest BCUT2D eigenvalue weighted by Gasteiger charge is -2.18. The number of unbranched alkanes of at least 4 members (excludes halogenated alkanes) is 21. The predicted molar refractivity (Wildman–Crippen MR) is 352 cm³/mol. The average Bonchev–Trinajstić information content (AvgIpc) is 3.47. The molecule has 0 N–H and O–H groups in total. The lowest BCUT2D eigenvalue weighted by atomic mass is 10.1. The van der Waals surface area contributed by atoms with Crippen LogP contribution in [0.3, 0.4) is 0 Å². The molecule has 0 heterocycles. The van der Waals surface area contributed by atoms with Crippen molar-refractivity contribution in [1.82, 2.24) is 0 Å². The van der Waals surface area contributed by atoms with Gasteiger partial charge in [-0.05, 0) is 141 Å². The van der Waals surface area contributed by atoms with Crippen LogP contribution in [0.4, 0.5) is 0 Å². The van der Waals surface area contributed by atoms with Gasteiger partial charge in [0.15, 0.2) is 6.10 Å². The number of carbonyl (C=O) groups excluding carboxylic acids is 3. The number of esters is 3. The van der Waals surface area contributed by atoms with E-state index >= 15 is 0 Å². The van der Waals surface area contributed by atoms with Crippen LogP contribution in [0.1, 0.15) is 278 Å². The van der Waals surface area contributed by atoms with Gasteiger partial charge in [0.1, 0.15) is 13.2 Å². The van der Waals surface area contributed by atoms with Crippen molar-refractivity contribution in [2.24, 2.45) is 0 Å². The van der Waals surface area contributed by atoms with E-state index < -0.39 is 6.10 Å². The van der Waals surface area contributed by atoms with Gasteiger partial charge in [-0.1, -0.05) is 275 Å². The van der Waals surface area contributed by atoms with Gasteiger partial charge in [-0.25, -0.2) is 0 Å². The SMILES string of the molecule is CC/C=C\C/C=C\C/C=C\C/C=C\C/C=C\CCCCCCCC(=O)OCC(COC(=O)CCCCCCCCCC/C=C\C/C=C\C/C=C\C/C=C\CC)OC(=O)CCCCCCCCCC/C=C\C/C=C\C/C=C\C/C=C\CC. The van der Waals surface area contributed by atoms with Crippen LogP contribution in [0.15, 0.2) is 158 Å². The largest absolute Gasteiger partial charge is 0.462 e. The van der Waals surface area contributed by atoms with Crippen LogP contribution in [-0.2, 0) is 28.6 Å². The van der Waals surface area contributed by atoms with Crippen LogP contribution in [0.2, 0.25) is 0 Å². The fraction of sp³-hybridized carbons (Fsp3) is 0.613. The van der Waals surface area contributed by atoms with Gasteiger partial charge in [0.25, 0.3) is 0 Å². The van der Waals surface area contributed by atoms with E-state index in [4.69, 9.17) is 14.2 Å². The fourth-order valence-corrected chi connectivity index (χ4v) is 8.69. The molecule has 0 aromatic rings. The molecule has 1 atom stereocenters. The first kappa shape index (κ1) is 76.0. The molecule has 0 radical (unpaired) electrons. The zero-order valence-electron chi connectivity index (χ0n) is 52.2. The molecular weight excluding hydrogens is 997 g/mol. The molecule has 0 spiro atoms. The molecule has 0 aromatic carbocycles. The summed E-state index contributed by atoms with van der Waals surface area (Å²) >= 11 is 0. The van der Waals surface area contributed by atoms with Crippen LogP contribution in [-0.4, -0.2) is 37.2 Å². The van der Waals surface area contributed by atoms with Gasteiger partial charge in [0.2, 0.25) is 0 Å². The highest BCUT2D eigenvalue weighted by Gasteiger charge is 2.19. The predicted octanol–water partition coefficient (Wildman–Crippen LogP) is 22.9. The van der Waals surface area contributed by atoms with E-state index in [-0.39, 0.29) is 31.1 Å². The third kappa shape index (κ3) is 65.7. The monoisotopic (exact) mass is 1120 g/mol. The van der Waals surface area contributed by atoms with Crippen molar-refractivity contribution in [3.05, 3.63) is 158 Å². The quantitative estimate of drug-likeness (QED) is 0.0261. The van der Waals surface area contributed by atoms with E-state index in [1.807, 2.05) is 0 Å². The average molecular weight is 1120 g/mol. The summed E-state index contributed by atoms with van der Waals surface area (Å²) in [5.74, 6) is -0.932. The maximum Gasteiger partial charge on any atom is 0.306 e. The lowest BCUT2D eigenvalue weighted by molar-refractivity contribution is -0.167. The Labute approximate surface area is 499 Å². The van der Waals surface area contributed by atoms with E-state index in [0.29, 0.717) is 19.3 Å². The minimum atomic E-state index is -0.805. The summed E-state index contributed by atoms with van der Waals surface area (Å²) in [4.78, 5) is 38.5. The Morgan fingerprint density at radius 1 is 0.247 bits per heavy atom. The second kappa shape index (κ2) is 67.5. The van der Waals surface area contributed by atoms with Crippen LogP contribution >= 0.6 is 0 Å². The topological polar surface area (TPSA) is 78.9 Å². The summed E-state index contributed by atoms with van der Waals surface area (Å²) < 4.78 is 16.9. The lowest BCUT2D eigenvalue weighted by Crippen LogP contribution is -2.30. The van der Waals surface area contributed by atoms with Crippen LogP contribution in [0.5, 0.6) is 0 Å². The second-order valence-corrected chi connectivity index (χ2v) is 21.2. The maximum absolute atomic E-state index is 13.0. The Morgan fingerprint density at radius 3 is 0.691 bits per heavy atom. The Kier molecular flexibility index (Phi) is 63.4. The Balaban J connectivity index is 4.49. The number of ether oxygens (including phenoxy) is 3. The van der Waals surface area contributed by atoms with Gasteiger partial charge >= 0.3 is 17.9 Å². The molecule has 456 valence electrons. The number of allylic oxidation sites excluding steroid dienone is 26. The second-order valence-electron chi connectivity index (χ2n) is 21.2. The van der Waals surface area contributed by atoms with Crippen molar-refractivity contribution in [3.8, 4) is 0 Å². The molecule has 0 aromatic heterocycles. The summed E-state index contributed by atoms with van der Waals surface area (Å²) in [7, 11) is 0. The Bertz CT molecular complexity index is 1810. The number of hydrogen-bond acceptors (Lipinski definition) is 6. The van der Waals surface area contributed by atoms with Crippen molar-refractivity contribution in [3.63, 3.8) is 0 Å². The molecule has 0 rings (SSSR count). The highest BCUT2D eigenvalue weighted by Crippen LogP contribution is 2.15. The van der Waals surface area contributed by atoms with Crippen molar-refractivity contribution in [2.45, 2.75) is 284 Å². The van der Waals surface area contributed by atoms with Gasteiger partial charge in [-0.15, -0.1) is 0 Å². The van der Waals surface area contributed by atoms with E-state index in [2.05, 4.69) is 179 Å². The van der Waals surface area contributed by atoms with Crippen molar-refractivity contribution >= 4 is 17.9 Å². The van der Waals surface area contributed by atoms with Crippen LogP contribution in [0.25, 0.3) is 0 Å². The van der Waals surface area contributed by atoms with Crippen LogP contribution < -0.4 is 0 Å². The number of carbonyl (C=O) groups is 3. The summed E-state index contributed by atoms with van der Waals surface area (Å²) in [6, 6.07) is 0. The summed E-state index contributed by atoms with van der Waals surface area (Å²) in [5.41, 5.74) is 0. The number of hydrogen-bond donors (Lipinski definition) is 0. The minimum absolute atomic E-state index is 0.0983. The summed E-state index contributed by atoms with van der Waals surface area (Å²) in [5, 5.41) is 0. The molecule has 0 aliphatic carbocycles. The van der Waals surface area contributed by atoms with Crippen molar-refractivity contribution in [1.29, 1.82) is 0 Å². The van der Waals surface area contributed by atoms with E-state index in [9.17, 15) is 14.4 Å². The molecule has 0 aliphatic rings. The first-order valence-electron chi connectivity index (χ1n) is 33.0. The van der Waals surface area contributed by atoms with Crippen molar-refractivity contribution in [2.75, 3.05) is 13.2 Å². The van der Waals surface area contributed by atoms with Gasteiger partial charge in [-0.2, -0.15) is 0 Å². The summed E-state index contributed by atoms with van der Waals surface area (Å²) in [6.07, 6.45) is 98.1. The van der Waals surface area contributed by atoms with E-state index in [1.54, 1.807) is 0 Å². The molecular formula is C75H120O6. The van der Waals surface area contributed by atoms with Gasteiger partial charge < -0.3 is 14.2 Å². The molecule has 0 fully saturated rings. The van der Waals surface area contributed by atoms with Gasteiger partial charge in [-0.3, -0.25) is 14.4 Å². The van der Waals surface area contributed by atoms with E-state index in [0.717, 1.165) is 173 Å². The summed E-state index contributed by atoms with van der Waals surface area (Å²) in [6.45, 7) is 6.28. The number of rotatable bonds is 58. The molecule has 0 aliphatic heterocycles.